The predicted octanol–water partition coefficient (Wildman–Crippen LogP) is 2.27. The van der Waals surface area contributed by atoms with Crippen molar-refractivity contribution in [3.05, 3.63) is 0 Å². The molecular formula is C15H30N2O. The van der Waals surface area contributed by atoms with Gasteiger partial charge in [0.1, 0.15) is 0 Å². The minimum atomic E-state index is 0.478. The molecule has 3 nitrogen and oxygen atoms in total. The lowest BCUT2D eigenvalue weighted by atomic mass is 9.87. The third kappa shape index (κ3) is 4.52. The zero-order chi connectivity index (χ0) is 12.8. The van der Waals surface area contributed by atoms with Crippen LogP contribution in [0.2, 0.25) is 0 Å². The molecule has 0 aromatic heterocycles. The standard InChI is InChI=1S/C15H30N2O/c1-13-5-7-14(8-6-13)17(2)10-9-16-12-15-4-3-11-18-15/h13-16H,3-12H2,1-2H3. The van der Waals surface area contributed by atoms with E-state index >= 15 is 0 Å². The number of hydrogen-bond donors (Lipinski definition) is 1. The Hall–Kier alpha value is -0.120. The van der Waals surface area contributed by atoms with Crippen LogP contribution >= 0.6 is 0 Å². The third-order valence-corrected chi connectivity index (χ3v) is 4.65. The quantitative estimate of drug-likeness (QED) is 0.736. The van der Waals surface area contributed by atoms with Crippen molar-refractivity contribution < 1.29 is 4.74 Å². The average Bonchev–Trinajstić information content (AvgIpc) is 2.88. The van der Waals surface area contributed by atoms with E-state index in [0.717, 1.165) is 31.7 Å². The molecule has 1 aliphatic heterocycles. The van der Waals surface area contributed by atoms with Crippen LogP contribution in [0.5, 0.6) is 0 Å². The summed E-state index contributed by atoms with van der Waals surface area (Å²) < 4.78 is 5.61. The lowest BCUT2D eigenvalue weighted by Gasteiger charge is -2.33. The molecule has 1 aliphatic carbocycles. The summed E-state index contributed by atoms with van der Waals surface area (Å²) in [6.07, 6.45) is 8.57. The van der Waals surface area contributed by atoms with Crippen molar-refractivity contribution in [1.82, 2.24) is 10.2 Å². The molecule has 18 heavy (non-hydrogen) atoms. The van der Waals surface area contributed by atoms with Crippen molar-refractivity contribution in [2.24, 2.45) is 5.92 Å². The van der Waals surface area contributed by atoms with Crippen molar-refractivity contribution in [2.45, 2.75) is 57.6 Å². The van der Waals surface area contributed by atoms with Crippen molar-refractivity contribution in [1.29, 1.82) is 0 Å². The van der Waals surface area contributed by atoms with Crippen LogP contribution < -0.4 is 5.32 Å². The van der Waals surface area contributed by atoms with E-state index in [1.165, 1.54) is 45.1 Å². The van der Waals surface area contributed by atoms with Gasteiger partial charge < -0.3 is 15.0 Å². The molecular weight excluding hydrogens is 224 g/mol. The number of rotatable bonds is 6. The molecule has 1 saturated heterocycles. The van der Waals surface area contributed by atoms with E-state index in [1.54, 1.807) is 0 Å². The molecule has 0 spiro atoms. The maximum absolute atomic E-state index is 5.61. The Balaban J connectivity index is 1.52. The maximum Gasteiger partial charge on any atom is 0.0700 e. The van der Waals surface area contributed by atoms with Crippen LogP contribution in [-0.4, -0.2) is 50.3 Å². The van der Waals surface area contributed by atoms with Crippen molar-refractivity contribution in [3.63, 3.8) is 0 Å². The third-order valence-electron chi connectivity index (χ3n) is 4.65. The van der Waals surface area contributed by atoms with Crippen LogP contribution in [0.25, 0.3) is 0 Å². The van der Waals surface area contributed by atoms with E-state index < -0.39 is 0 Å². The highest BCUT2D eigenvalue weighted by Gasteiger charge is 2.21. The summed E-state index contributed by atoms with van der Waals surface area (Å²) in [7, 11) is 2.29. The molecule has 2 aliphatic rings. The Morgan fingerprint density at radius 1 is 1.17 bits per heavy atom. The van der Waals surface area contributed by atoms with Gasteiger partial charge in [-0.25, -0.2) is 0 Å². The van der Waals surface area contributed by atoms with E-state index in [9.17, 15) is 0 Å². The molecule has 1 atom stereocenters. The number of nitrogens with zero attached hydrogens (tertiary/aromatic N) is 1. The molecule has 2 rings (SSSR count). The largest absolute Gasteiger partial charge is 0.377 e. The first-order valence-corrected chi connectivity index (χ1v) is 7.78. The Kier molecular flexibility index (Phi) is 5.93. The van der Waals surface area contributed by atoms with E-state index in [0.29, 0.717) is 6.10 Å². The van der Waals surface area contributed by atoms with Crippen LogP contribution in [0.15, 0.2) is 0 Å². The van der Waals surface area contributed by atoms with Gasteiger partial charge in [-0.2, -0.15) is 0 Å². The van der Waals surface area contributed by atoms with Gasteiger partial charge in [0.15, 0.2) is 0 Å². The molecule has 3 heteroatoms. The first kappa shape index (κ1) is 14.3. The molecule has 0 aromatic carbocycles. The highest BCUT2D eigenvalue weighted by molar-refractivity contribution is 4.77. The van der Waals surface area contributed by atoms with Crippen molar-refractivity contribution in [2.75, 3.05) is 33.3 Å². The summed E-state index contributed by atoms with van der Waals surface area (Å²) in [5.41, 5.74) is 0. The second-order valence-corrected chi connectivity index (χ2v) is 6.23. The van der Waals surface area contributed by atoms with Gasteiger partial charge in [0.25, 0.3) is 0 Å². The fourth-order valence-corrected chi connectivity index (χ4v) is 3.19. The van der Waals surface area contributed by atoms with Gasteiger partial charge in [-0.3, -0.25) is 0 Å². The monoisotopic (exact) mass is 254 g/mol. The normalized spacial score (nSPS) is 33.2. The highest BCUT2D eigenvalue weighted by atomic mass is 16.5. The second kappa shape index (κ2) is 7.46. The van der Waals surface area contributed by atoms with E-state index in [1.807, 2.05) is 0 Å². The van der Waals surface area contributed by atoms with Gasteiger partial charge in [0.05, 0.1) is 6.10 Å². The lowest BCUT2D eigenvalue weighted by Crippen LogP contribution is -2.40. The molecule has 0 radical (unpaired) electrons. The van der Waals surface area contributed by atoms with E-state index in [2.05, 4.69) is 24.2 Å². The van der Waals surface area contributed by atoms with Crippen molar-refractivity contribution >= 4 is 0 Å². The van der Waals surface area contributed by atoms with Crippen LogP contribution in [0.3, 0.4) is 0 Å². The van der Waals surface area contributed by atoms with Crippen LogP contribution in [0, 0.1) is 5.92 Å². The number of ether oxygens (including phenoxy) is 1. The van der Waals surface area contributed by atoms with Gasteiger partial charge in [-0.1, -0.05) is 6.92 Å². The highest BCUT2D eigenvalue weighted by Crippen LogP contribution is 2.26. The minimum Gasteiger partial charge on any atom is -0.377 e. The summed E-state index contributed by atoms with van der Waals surface area (Å²) >= 11 is 0. The fourth-order valence-electron chi connectivity index (χ4n) is 3.19. The van der Waals surface area contributed by atoms with E-state index in [4.69, 9.17) is 4.74 Å². The molecule has 0 aromatic rings. The fraction of sp³-hybridized carbons (Fsp3) is 1.00. The Morgan fingerprint density at radius 2 is 1.94 bits per heavy atom. The zero-order valence-corrected chi connectivity index (χ0v) is 12.2. The smallest absolute Gasteiger partial charge is 0.0700 e. The zero-order valence-electron chi connectivity index (χ0n) is 12.2. The van der Waals surface area contributed by atoms with Gasteiger partial charge >= 0.3 is 0 Å². The van der Waals surface area contributed by atoms with Gasteiger partial charge in [0, 0.05) is 32.3 Å². The maximum atomic E-state index is 5.61. The number of nitrogens with one attached hydrogen (secondary N) is 1. The molecule has 1 unspecified atom stereocenters. The summed E-state index contributed by atoms with van der Waals surface area (Å²) in [5, 5.41) is 3.54. The molecule has 1 saturated carbocycles. The molecule has 0 bridgehead atoms. The minimum absolute atomic E-state index is 0.478. The number of hydrogen-bond acceptors (Lipinski definition) is 3. The molecule has 0 amide bonds. The molecule has 106 valence electrons. The predicted molar refractivity (Wildman–Crippen MR) is 75.9 cm³/mol. The van der Waals surface area contributed by atoms with Crippen LogP contribution in [0.1, 0.15) is 45.4 Å². The first-order valence-electron chi connectivity index (χ1n) is 7.78. The van der Waals surface area contributed by atoms with Gasteiger partial charge in [-0.15, -0.1) is 0 Å². The van der Waals surface area contributed by atoms with Gasteiger partial charge in [-0.05, 0) is 51.5 Å². The topological polar surface area (TPSA) is 24.5 Å². The van der Waals surface area contributed by atoms with Crippen molar-refractivity contribution in [3.8, 4) is 0 Å². The lowest BCUT2D eigenvalue weighted by molar-refractivity contribution is 0.108. The number of likely N-dealkylation sites (N-methyl/N-ethyl adjacent to an activating group) is 1. The molecule has 2 fully saturated rings. The average molecular weight is 254 g/mol. The van der Waals surface area contributed by atoms with Crippen LogP contribution in [-0.2, 0) is 4.74 Å². The van der Waals surface area contributed by atoms with Crippen LogP contribution in [0.4, 0.5) is 0 Å². The van der Waals surface area contributed by atoms with Gasteiger partial charge in [0.2, 0.25) is 0 Å². The summed E-state index contributed by atoms with van der Waals surface area (Å²) in [6.45, 7) is 6.66. The summed E-state index contributed by atoms with van der Waals surface area (Å²) in [6, 6.07) is 0.825. The summed E-state index contributed by atoms with van der Waals surface area (Å²) in [4.78, 5) is 2.55. The Bertz CT molecular complexity index is 221. The molecule has 1 heterocycles. The Morgan fingerprint density at radius 3 is 2.61 bits per heavy atom. The molecule has 1 N–H and O–H groups in total. The first-order chi connectivity index (χ1) is 8.75. The van der Waals surface area contributed by atoms with E-state index in [-0.39, 0.29) is 0 Å². The second-order valence-electron chi connectivity index (χ2n) is 6.23. The SMILES string of the molecule is CC1CCC(N(C)CCNCC2CCCO2)CC1. The Labute approximate surface area is 112 Å². The summed E-state index contributed by atoms with van der Waals surface area (Å²) in [5.74, 6) is 0.951.